The van der Waals surface area contributed by atoms with Crippen molar-refractivity contribution in [3.8, 4) is 5.75 Å². The number of urea groups is 1. The summed E-state index contributed by atoms with van der Waals surface area (Å²) in [5.41, 5.74) is -0.359. The van der Waals surface area contributed by atoms with Gasteiger partial charge >= 0.3 is 12.0 Å². The lowest BCUT2D eigenvalue weighted by molar-refractivity contribution is -0.139. The molecule has 3 amide bonds. The lowest BCUT2D eigenvalue weighted by Gasteiger charge is -2.39. The van der Waals surface area contributed by atoms with Gasteiger partial charge in [-0.3, -0.25) is 9.69 Å². The van der Waals surface area contributed by atoms with Crippen LogP contribution in [0.25, 0.3) is 0 Å². The summed E-state index contributed by atoms with van der Waals surface area (Å²) in [6.45, 7) is -0.285. The van der Waals surface area contributed by atoms with Gasteiger partial charge < -0.3 is 20.1 Å². The molecule has 40 heavy (non-hydrogen) atoms. The number of aliphatic carboxylic acids is 1. The maximum atomic E-state index is 14.9. The van der Waals surface area contributed by atoms with Crippen LogP contribution in [0.3, 0.4) is 0 Å². The minimum atomic E-state index is -1.34. The highest BCUT2D eigenvalue weighted by atomic mass is 19.2. The molecule has 2 N–H and O–H groups in total. The van der Waals surface area contributed by atoms with Gasteiger partial charge in [0.2, 0.25) is 0 Å². The summed E-state index contributed by atoms with van der Waals surface area (Å²) in [6.07, 6.45) is 0. The average Bonchev–Trinajstić information content (AvgIpc) is 2.88. The number of carbonyl (C=O) groups excluding carboxylic acids is 2. The molecule has 3 aromatic carbocycles. The van der Waals surface area contributed by atoms with E-state index < -0.39 is 83.9 Å². The highest BCUT2D eigenvalue weighted by Crippen LogP contribution is 2.38. The van der Waals surface area contributed by atoms with Crippen LogP contribution in [0, 0.1) is 29.1 Å². The summed E-state index contributed by atoms with van der Waals surface area (Å²) >= 11 is 0. The van der Waals surface area contributed by atoms with Gasteiger partial charge in [0.25, 0.3) is 5.91 Å². The van der Waals surface area contributed by atoms with Gasteiger partial charge in [-0.25, -0.2) is 31.5 Å². The van der Waals surface area contributed by atoms with Crippen molar-refractivity contribution in [2.24, 2.45) is 0 Å². The van der Waals surface area contributed by atoms with Crippen molar-refractivity contribution >= 4 is 23.6 Å². The van der Waals surface area contributed by atoms with Crippen LogP contribution >= 0.6 is 0 Å². The number of nitrogens with one attached hydrogen (secondary N) is 1. The lowest BCUT2D eigenvalue weighted by Crippen LogP contribution is -2.47. The van der Waals surface area contributed by atoms with E-state index >= 15 is 0 Å². The molecule has 0 saturated heterocycles. The largest absolute Gasteiger partial charge is 0.482 e. The molecule has 0 fully saturated rings. The number of rotatable bonds is 8. The van der Waals surface area contributed by atoms with Gasteiger partial charge in [-0.2, -0.15) is 0 Å². The van der Waals surface area contributed by atoms with Crippen LogP contribution in [0.4, 0.5) is 32.4 Å². The van der Waals surface area contributed by atoms with Crippen LogP contribution < -0.4 is 15.0 Å². The number of anilines is 1. The Bertz CT molecular complexity index is 1470. The Morgan fingerprint density at radius 2 is 1.55 bits per heavy atom. The van der Waals surface area contributed by atoms with E-state index in [2.05, 4.69) is 5.32 Å². The number of carbonyl (C=O) groups is 3. The molecule has 1 atom stereocenters. The number of ether oxygens (including phenoxy) is 1. The van der Waals surface area contributed by atoms with Crippen molar-refractivity contribution in [2.75, 3.05) is 18.6 Å². The number of carboxylic acids is 1. The number of carboxylic acid groups (broad SMARTS) is 1. The number of fused-ring (bicyclic) bond motifs is 1. The molecule has 1 aliphatic rings. The molecule has 0 aliphatic carbocycles. The Morgan fingerprint density at radius 1 is 0.950 bits per heavy atom. The van der Waals surface area contributed by atoms with Gasteiger partial charge in [0.05, 0.1) is 18.3 Å². The molecule has 13 heteroatoms. The average molecular weight is 563 g/mol. The van der Waals surface area contributed by atoms with Crippen molar-refractivity contribution in [3.05, 3.63) is 93.8 Å². The van der Waals surface area contributed by atoms with Crippen molar-refractivity contribution in [1.82, 2.24) is 10.2 Å². The van der Waals surface area contributed by atoms with Gasteiger partial charge in [0, 0.05) is 54.5 Å². The van der Waals surface area contributed by atoms with E-state index in [9.17, 15) is 36.3 Å². The standard InChI is InChI=1S/C27H22F5N3O5/c1-13-17-4-3-14(26(38)33-10-18-20(29)6-15(28)7-21(18)30)5-24(17)35(27(39)34(13)2)11-19-22(31)8-16(9-23(19)32)40-12-25(36)37/h3-9,13H,10-12H2,1-2H3,(H,33,38)(H,36,37). The maximum absolute atomic E-state index is 14.9. The molecular formula is C27H22F5N3O5. The van der Waals surface area contributed by atoms with Crippen LogP contribution in [0.15, 0.2) is 42.5 Å². The monoisotopic (exact) mass is 563 g/mol. The van der Waals surface area contributed by atoms with E-state index in [1.165, 1.54) is 24.1 Å². The Hall–Kier alpha value is -4.68. The zero-order valence-electron chi connectivity index (χ0n) is 21.1. The van der Waals surface area contributed by atoms with Crippen LogP contribution in [0.2, 0.25) is 0 Å². The fraction of sp³-hybridized carbons (Fsp3) is 0.222. The lowest BCUT2D eigenvalue weighted by atomic mass is 9.98. The molecule has 0 spiro atoms. The summed E-state index contributed by atoms with van der Waals surface area (Å²) in [4.78, 5) is 39.1. The molecule has 0 radical (unpaired) electrons. The second kappa shape index (κ2) is 11.2. The van der Waals surface area contributed by atoms with Crippen LogP contribution in [0.5, 0.6) is 5.75 Å². The molecule has 8 nitrogen and oxygen atoms in total. The van der Waals surface area contributed by atoms with E-state index in [0.717, 1.165) is 17.0 Å². The molecule has 3 aromatic rings. The molecule has 0 bridgehead atoms. The molecular weight excluding hydrogens is 541 g/mol. The van der Waals surface area contributed by atoms with Crippen molar-refractivity contribution < 1.29 is 46.2 Å². The number of hydrogen-bond donors (Lipinski definition) is 2. The molecule has 4 rings (SSSR count). The number of nitrogens with zero attached hydrogens (tertiary/aromatic N) is 2. The summed E-state index contributed by atoms with van der Waals surface area (Å²) in [7, 11) is 1.49. The molecule has 1 unspecified atom stereocenters. The van der Waals surface area contributed by atoms with Crippen molar-refractivity contribution in [1.29, 1.82) is 0 Å². The molecule has 0 saturated carbocycles. The fourth-order valence-electron chi connectivity index (χ4n) is 4.22. The minimum Gasteiger partial charge on any atom is -0.482 e. The first-order valence-electron chi connectivity index (χ1n) is 11.8. The summed E-state index contributed by atoms with van der Waals surface area (Å²) in [5.74, 6) is -8.13. The third-order valence-corrected chi connectivity index (χ3v) is 6.47. The number of benzene rings is 3. The third kappa shape index (κ3) is 5.67. The summed E-state index contributed by atoms with van der Waals surface area (Å²) < 4.78 is 75.6. The first-order chi connectivity index (χ1) is 18.9. The fourth-order valence-corrected chi connectivity index (χ4v) is 4.22. The minimum absolute atomic E-state index is 0.0189. The van der Waals surface area contributed by atoms with Gasteiger partial charge in [0.15, 0.2) is 6.61 Å². The van der Waals surface area contributed by atoms with E-state index in [1.54, 1.807) is 13.0 Å². The van der Waals surface area contributed by atoms with Gasteiger partial charge in [-0.1, -0.05) is 6.07 Å². The molecule has 1 aliphatic heterocycles. The third-order valence-electron chi connectivity index (χ3n) is 6.47. The summed E-state index contributed by atoms with van der Waals surface area (Å²) in [6, 6.07) is 5.71. The summed E-state index contributed by atoms with van der Waals surface area (Å²) in [5, 5.41) is 11.0. The maximum Gasteiger partial charge on any atom is 0.341 e. The van der Waals surface area contributed by atoms with E-state index in [1.807, 2.05) is 0 Å². The Kier molecular flexibility index (Phi) is 7.93. The second-order valence-corrected chi connectivity index (χ2v) is 9.01. The number of amides is 3. The van der Waals surface area contributed by atoms with Crippen LogP contribution in [0.1, 0.15) is 40.0 Å². The zero-order chi connectivity index (χ0) is 29.3. The van der Waals surface area contributed by atoms with Crippen LogP contribution in [-0.2, 0) is 17.9 Å². The highest BCUT2D eigenvalue weighted by molar-refractivity contribution is 5.99. The zero-order valence-corrected chi connectivity index (χ0v) is 21.1. The first kappa shape index (κ1) is 28.3. The Morgan fingerprint density at radius 3 is 2.15 bits per heavy atom. The highest BCUT2D eigenvalue weighted by Gasteiger charge is 2.35. The Labute approximate surface area is 224 Å². The molecule has 210 valence electrons. The molecule has 1 heterocycles. The van der Waals surface area contributed by atoms with E-state index in [-0.39, 0.29) is 17.0 Å². The first-order valence-corrected chi connectivity index (χ1v) is 11.8. The van der Waals surface area contributed by atoms with Crippen molar-refractivity contribution in [3.63, 3.8) is 0 Å². The van der Waals surface area contributed by atoms with Crippen LogP contribution in [-0.4, -0.2) is 41.6 Å². The predicted molar refractivity (Wildman–Crippen MR) is 131 cm³/mol. The van der Waals surface area contributed by atoms with Crippen molar-refractivity contribution in [2.45, 2.75) is 26.1 Å². The Balaban J connectivity index is 1.63. The van der Waals surface area contributed by atoms with E-state index in [4.69, 9.17) is 9.84 Å². The van der Waals surface area contributed by atoms with Gasteiger partial charge in [0.1, 0.15) is 34.8 Å². The number of hydrogen-bond acceptors (Lipinski definition) is 4. The predicted octanol–water partition coefficient (Wildman–Crippen LogP) is 4.91. The molecule has 0 aromatic heterocycles. The second-order valence-electron chi connectivity index (χ2n) is 9.01. The number of halogens is 5. The van der Waals surface area contributed by atoms with Gasteiger partial charge in [-0.05, 0) is 24.6 Å². The normalized spacial score (nSPS) is 14.7. The topological polar surface area (TPSA) is 99.2 Å². The SMILES string of the molecule is CC1c2ccc(C(=O)NCc3c(F)cc(F)cc3F)cc2N(Cc2c(F)cc(OCC(=O)O)cc2F)C(=O)N1C. The van der Waals surface area contributed by atoms with Gasteiger partial charge in [-0.15, -0.1) is 0 Å². The van der Waals surface area contributed by atoms with E-state index in [0.29, 0.717) is 17.7 Å². The quantitative estimate of drug-likeness (QED) is 0.380. The smallest absolute Gasteiger partial charge is 0.341 e.